The van der Waals surface area contributed by atoms with Crippen molar-refractivity contribution in [2.24, 2.45) is 5.92 Å². The number of anilines is 1. The second-order valence-electron chi connectivity index (χ2n) is 9.95. The molecule has 38 heavy (non-hydrogen) atoms. The van der Waals surface area contributed by atoms with Crippen LogP contribution in [0.3, 0.4) is 0 Å². The summed E-state index contributed by atoms with van der Waals surface area (Å²) < 4.78 is 25.8. The van der Waals surface area contributed by atoms with Gasteiger partial charge in [0.15, 0.2) is 26.9 Å². The minimum atomic E-state index is -3.33. The molecule has 0 aromatic carbocycles. The fraction of sp³-hybridized carbons (Fsp3) is 0.423. The zero-order valence-electron chi connectivity index (χ0n) is 21.2. The van der Waals surface area contributed by atoms with E-state index >= 15 is 0 Å². The molecule has 4 aromatic rings. The van der Waals surface area contributed by atoms with Crippen molar-refractivity contribution in [3.63, 3.8) is 0 Å². The Morgan fingerprint density at radius 1 is 1.05 bits per heavy atom. The van der Waals surface area contributed by atoms with Crippen LogP contribution in [0.1, 0.15) is 62.9 Å². The SMILES string of the molecule is CCS(=O)(=O)c1ccc(CNc2nc3ncc(-c4cncnc4C4CC4)nc3n([C@@H](C)C3CC3)c2=O)nc1. The number of hydrogen-bond acceptors (Lipinski definition) is 10. The summed E-state index contributed by atoms with van der Waals surface area (Å²) in [4.78, 5) is 40.8. The number of nitrogens with one attached hydrogen (secondary N) is 1. The first kappa shape index (κ1) is 24.5. The van der Waals surface area contributed by atoms with Crippen LogP contribution >= 0.6 is 0 Å². The number of nitrogens with zero attached hydrogens (tertiary/aromatic N) is 7. The van der Waals surface area contributed by atoms with E-state index in [2.05, 4.69) is 30.2 Å². The van der Waals surface area contributed by atoms with Crippen molar-refractivity contribution < 1.29 is 8.42 Å². The molecular formula is C26H28N8O3S. The maximum atomic E-state index is 13.7. The lowest BCUT2D eigenvalue weighted by Gasteiger charge is -2.18. The van der Waals surface area contributed by atoms with Crippen LogP contribution in [0.25, 0.3) is 22.6 Å². The van der Waals surface area contributed by atoms with Crippen molar-refractivity contribution in [2.75, 3.05) is 11.1 Å². The van der Waals surface area contributed by atoms with Crippen molar-refractivity contribution in [1.29, 1.82) is 0 Å². The molecule has 4 heterocycles. The summed E-state index contributed by atoms with van der Waals surface area (Å²) >= 11 is 0. The lowest BCUT2D eigenvalue weighted by Crippen LogP contribution is -2.29. The number of pyridine rings is 1. The summed E-state index contributed by atoms with van der Waals surface area (Å²) in [6.07, 6.45) is 10.6. The van der Waals surface area contributed by atoms with Gasteiger partial charge in [-0.05, 0) is 50.7 Å². The highest BCUT2D eigenvalue weighted by molar-refractivity contribution is 7.91. The summed E-state index contributed by atoms with van der Waals surface area (Å²) in [6, 6.07) is 3.10. The molecule has 0 spiro atoms. The van der Waals surface area contributed by atoms with Crippen molar-refractivity contribution in [3.05, 3.63) is 58.8 Å². The summed E-state index contributed by atoms with van der Waals surface area (Å²) in [5, 5.41) is 3.08. The molecule has 11 nitrogen and oxygen atoms in total. The first-order chi connectivity index (χ1) is 18.4. The standard InChI is InChI=1S/C26H28N8O3S/c1-3-38(36,37)19-9-8-18(28-11-19)10-29-24-26(35)34(15(2)16-4-5-16)25-23(33-24)30-13-21(32-25)20-12-27-14-31-22(20)17-6-7-17/h8-9,11-17H,3-7,10H2,1-2H3,(H,29,30,33)/t15-/m0/s1. The van der Waals surface area contributed by atoms with Crippen LogP contribution in [-0.4, -0.2) is 48.6 Å². The van der Waals surface area contributed by atoms with E-state index in [-0.39, 0.29) is 34.6 Å². The van der Waals surface area contributed by atoms with Crippen LogP contribution in [0.2, 0.25) is 0 Å². The molecule has 2 aliphatic carbocycles. The summed E-state index contributed by atoms with van der Waals surface area (Å²) in [5.74, 6) is 0.968. The van der Waals surface area contributed by atoms with Crippen LogP contribution < -0.4 is 10.9 Å². The Hall–Kier alpha value is -3.80. The lowest BCUT2D eigenvalue weighted by molar-refractivity contribution is 0.482. The van der Waals surface area contributed by atoms with Gasteiger partial charge in [0.25, 0.3) is 5.56 Å². The zero-order chi connectivity index (χ0) is 26.4. The predicted octanol–water partition coefficient (Wildman–Crippen LogP) is 3.29. The van der Waals surface area contributed by atoms with Gasteiger partial charge in [0, 0.05) is 29.9 Å². The Morgan fingerprint density at radius 3 is 2.55 bits per heavy atom. The topological polar surface area (TPSA) is 146 Å². The quantitative estimate of drug-likeness (QED) is 0.341. The summed E-state index contributed by atoms with van der Waals surface area (Å²) in [5.41, 5.74) is 3.55. The van der Waals surface area contributed by atoms with Gasteiger partial charge >= 0.3 is 0 Å². The molecular weight excluding hydrogens is 504 g/mol. The van der Waals surface area contributed by atoms with Crippen molar-refractivity contribution >= 4 is 26.9 Å². The van der Waals surface area contributed by atoms with E-state index in [1.807, 2.05) is 6.92 Å². The van der Waals surface area contributed by atoms with Gasteiger partial charge in [0.1, 0.15) is 6.33 Å². The highest BCUT2D eigenvalue weighted by Gasteiger charge is 2.33. The van der Waals surface area contributed by atoms with Crippen LogP contribution in [0.15, 0.2) is 46.7 Å². The third kappa shape index (κ3) is 4.64. The average Bonchev–Trinajstić information content (AvgIpc) is 3.85. The second-order valence-corrected chi connectivity index (χ2v) is 12.2. The number of sulfone groups is 1. The third-order valence-corrected chi connectivity index (χ3v) is 8.99. The predicted molar refractivity (Wildman–Crippen MR) is 141 cm³/mol. The summed E-state index contributed by atoms with van der Waals surface area (Å²) in [7, 11) is -3.33. The molecule has 0 radical (unpaired) electrons. The number of rotatable bonds is 9. The van der Waals surface area contributed by atoms with Crippen LogP contribution in [0, 0.1) is 5.92 Å². The molecule has 2 fully saturated rings. The van der Waals surface area contributed by atoms with E-state index in [1.165, 1.54) is 12.3 Å². The lowest BCUT2D eigenvalue weighted by atomic mass is 10.1. The van der Waals surface area contributed by atoms with Gasteiger partial charge in [-0.25, -0.2) is 33.3 Å². The maximum Gasteiger partial charge on any atom is 0.295 e. The maximum absolute atomic E-state index is 13.7. The molecule has 4 aromatic heterocycles. The zero-order valence-corrected chi connectivity index (χ0v) is 22.0. The van der Waals surface area contributed by atoms with Gasteiger partial charge in [0.05, 0.1) is 40.5 Å². The molecule has 0 aliphatic heterocycles. The monoisotopic (exact) mass is 532 g/mol. The number of hydrogen-bond donors (Lipinski definition) is 1. The highest BCUT2D eigenvalue weighted by atomic mass is 32.2. The molecule has 1 atom stereocenters. The summed E-state index contributed by atoms with van der Waals surface area (Å²) in [6.45, 7) is 3.83. The second kappa shape index (κ2) is 9.50. The molecule has 196 valence electrons. The Balaban J connectivity index is 1.37. The largest absolute Gasteiger partial charge is 0.360 e. The van der Waals surface area contributed by atoms with Gasteiger partial charge in [-0.15, -0.1) is 0 Å². The third-order valence-electron chi connectivity index (χ3n) is 7.27. The highest BCUT2D eigenvalue weighted by Crippen LogP contribution is 2.43. The normalized spacial score (nSPS) is 16.5. The minimum absolute atomic E-state index is 0.00788. The van der Waals surface area contributed by atoms with Crippen molar-refractivity contribution in [2.45, 2.75) is 62.9 Å². The van der Waals surface area contributed by atoms with E-state index in [1.54, 1.807) is 36.3 Å². The molecule has 1 N–H and O–H groups in total. The molecule has 12 heteroatoms. The minimum Gasteiger partial charge on any atom is -0.360 e. The van der Waals surface area contributed by atoms with Gasteiger partial charge in [0.2, 0.25) is 0 Å². The Morgan fingerprint density at radius 2 is 1.87 bits per heavy atom. The molecule has 0 amide bonds. The molecule has 2 aliphatic rings. The fourth-order valence-electron chi connectivity index (χ4n) is 4.65. The molecule has 6 rings (SSSR count). The van der Waals surface area contributed by atoms with Gasteiger partial charge < -0.3 is 5.32 Å². The van der Waals surface area contributed by atoms with E-state index in [0.29, 0.717) is 34.5 Å². The molecule has 2 saturated carbocycles. The number of aromatic nitrogens is 7. The van der Waals surface area contributed by atoms with Crippen molar-refractivity contribution in [1.82, 2.24) is 34.5 Å². The molecule has 0 unspecified atom stereocenters. The average molecular weight is 533 g/mol. The van der Waals surface area contributed by atoms with Crippen LogP contribution in [0.5, 0.6) is 0 Å². The van der Waals surface area contributed by atoms with Gasteiger partial charge in [-0.2, -0.15) is 0 Å². The van der Waals surface area contributed by atoms with Crippen LogP contribution in [0.4, 0.5) is 5.82 Å². The smallest absolute Gasteiger partial charge is 0.295 e. The van der Waals surface area contributed by atoms with E-state index in [9.17, 15) is 13.2 Å². The Labute approximate surface area is 219 Å². The fourth-order valence-corrected chi connectivity index (χ4v) is 5.47. The van der Waals surface area contributed by atoms with E-state index < -0.39 is 9.84 Å². The first-order valence-corrected chi connectivity index (χ1v) is 14.5. The van der Waals surface area contributed by atoms with E-state index in [4.69, 9.17) is 4.98 Å². The van der Waals surface area contributed by atoms with Gasteiger partial charge in [-0.3, -0.25) is 14.3 Å². The molecule has 0 bridgehead atoms. The molecule has 0 saturated heterocycles. The van der Waals surface area contributed by atoms with Crippen molar-refractivity contribution in [3.8, 4) is 11.3 Å². The van der Waals surface area contributed by atoms with Crippen LogP contribution in [-0.2, 0) is 16.4 Å². The van der Waals surface area contributed by atoms with Gasteiger partial charge in [-0.1, -0.05) is 6.92 Å². The Kier molecular flexibility index (Phi) is 6.13. The number of fused-ring (bicyclic) bond motifs is 1. The Bertz CT molecular complexity index is 1680. The first-order valence-electron chi connectivity index (χ1n) is 12.9. The van der Waals surface area contributed by atoms with E-state index in [0.717, 1.165) is 36.9 Å².